The standard InChI is InChI=1S/C19H18N4O2.H2O/c20-10-13-1-3-16-15(9-13)18(19(24)22-16)17-4-2-14(11-21-17)12-23-5-7-25-8-6-23;/h1-4,9,11,22,24H,5-8,12H2;1H2. The molecule has 0 saturated carbocycles. The summed E-state index contributed by atoms with van der Waals surface area (Å²) in [7, 11) is 0. The highest BCUT2D eigenvalue weighted by Gasteiger charge is 2.15. The second kappa shape index (κ2) is 7.54. The van der Waals surface area contributed by atoms with Crippen LogP contribution >= 0.6 is 0 Å². The Kier molecular flexibility index (Phi) is 5.19. The molecule has 0 amide bonds. The fourth-order valence-corrected chi connectivity index (χ4v) is 3.19. The van der Waals surface area contributed by atoms with E-state index in [0.717, 1.165) is 49.3 Å². The van der Waals surface area contributed by atoms with Crippen molar-refractivity contribution in [3.8, 4) is 23.2 Å². The van der Waals surface area contributed by atoms with Crippen molar-refractivity contribution in [1.82, 2.24) is 14.9 Å². The number of nitriles is 1. The van der Waals surface area contributed by atoms with Crippen molar-refractivity contribution in [3.63, 3.8) is 0 Å². The smallest absolute Gasteiger partial charge is 0.199 e. The van der Waals surface area contributed by atoms with Crippen LogP contribution in [0.4, 0.5) is 0 Å². The molecule has 0 unspecified atom stereocenters. The lowest BCUT2D eigenvalue weighted by Crippen LogP contribution is -2.35. The molecule has 1 aromatic carbocycles. The minimum Gasteiger partial charge on any atom is -0.494 e. The van der Waals surface area contributed by atoms with E-state index in [2.05, 4.69) is 20.9 Å². The van der Waals surface area contributed by atoms with Gasteiger partial charge in [0.25, 0.3) is 0 Å². The Morgan fingerprint density at radius 2 is 2.04 bits per heavy atom. The Balaban J connectivity index is 0.00000196. The number of nitrogens with one attached hydrogen (secondary N) is 1. The molecular weight excluding hydrogens is 332 g/mol. The van der Waals surface area contributed by atoms with Gasteiger partial charge in [0, 0.05) is 36.7 Å². The first kappa shape index (κ1) is 17.9. The number of hydrogen-bond donors (Lipinski definition) is 2. The Labute approximate surface area is 150 Å². The highest BCUT2D eigenvalue weighted by atomic mass is 16.5. The van der Waals surface area contributed by atoms with E-state index in [9.17, 15) is 5.11 Å². The minimum atomic E-state index is 0. The minimum absolute atomic E-state index is 0. The Bertz CT molecular complexity index is 938. The van der Waals surface area contributed by atoms with Crippen LogP contribution in [0.1, 0.15) is 11.1 Å². The third kappa shape index (κ3) is 3.39. The zero-order chi connectivity index (χ0) is 17.2. The zero-order valence-corrected chi connectivity index (χ0v) is 14.2. The van der Waals surface area contributed by atoms with Gasteiger partial charge in [-0.1, -0.05) is 6.07 Å². The molecule has 7 nitrogen and oxygen atoms in total. The number of morpholine rings is 1. The summed E-state index contributed by atoms with van der Waals surface area (Å²) < 4.78 is 5.37. The number of rotatable bonds is 3. The Hall–Kier alpha value is -2.92. The summed E-state index contributed by atoms with van der Waals surface area (Å²) in [5, 5.41) is 20.2. The molecule has 1 fully saturated rings. The molecule has 1 aliphatic heterocycles. The van der Waals surface area contributed by atoms with Crippen LogP contribution in [0.15, 0.2) is 36.5 Å². The zero-order valence-electron chi connectivity index (χ0n) is 14.2. The van der Waals surface area contributed by atoms with Gasteiger partial charge >= 0.3 is 0 Å². The molecule has 0 aliphatic carbocycles. The molecule has 0 atom stereocenters. The summed E-state index contributed by atoms with van der Waals surface area (Å²) in [4.78, 5) is 9.81. The van der Waals surface area contributed by atoms with E-state index in [1.807, 2.05) is 18.3 Å². The van der Waals surface area contributed by atoms with Gasteiger partial charge in [-0.2, -0.15) is 5.26 Å². The van der Waals surface area contributed by atoms with E-state index in [-0.39, 0.29) is 11.4 Å². The number of H-pyrrole nitrogens is 1. The average Bonchev–Trinajstić information content (AvgIpc) is 2.98. The molecule has 0 bridgehead atoms. The van der Waals surface area contributed by atoms with Crippen molar-refractivity contribution in [2.75, 3.05) is 26.3 Å². The van der Waals surface area contributed by atoms with Gasteiger partial charge < -0.3 is 20.3 Å². The molecule has 7 heteroatoms. The topological polar surface area (TPSA) is 117 Å². The number of benzene rings is 1. The summed E-state index contributed by atoms with van der Waals surface area (Å²) in [6, 6.07) is 11.4. The predicted octanol–water partition coefficient (Wildman–Crippen LogP) is 1.81. The normalized spacial score (nSPS) is 14.7. The van der Waals surface area contributed by atoms with E-state index in [0.29, 0.717) is 16.8 Å². The van der Waals surface area contributed by atoms with Gasteiger partial charge in [0.1, 0.15) is 0 Å². The molecule has 3 heterocycles. The first-order valence-electron chi connectivity index (χ1n) is 8.25. The van der Waals surface area contributed by atoms with E-state index in [1.54, 1.807) is 18.2 Å². The lowest BCUT2D eigenvalue weighted by Gasteiger charge is -2.26. The molecule has 3 aromatic rings. The summed E-state index contributed by atoms with van der Waals surface area (Å²) in [6.07, 6.45) is 1.84. The second-order valence-corrected chi connectivity index (χ2v) is 6.16. The van der Waals surface area contributed by atoms with Crippen LogP contribution in [0.3, 0.4) is 0 Å². The van der Waals surface area contributed by atoms with Crippen molar-refractivity contribution in [3.05, 3.63) is 47.7 Å². The van der Waals surface area contributed by atoms with Gasteiger partial charge in [0.15, 0.2) is 5.88 Å². The van der Waals surface area contributed by atoms with Crippen molar-refractivity contribution >= 4 is 10.9 Å². The number of aromatic nitrogens is 2. The molecule has 1 aliphatic rings. The van der Waals surface area contributed by atoms with Gasteiger partial charge in [0.05, 0.1) is 36.1 Å². The number of aromatic hydroxyl groups is 1. The number of pyridine rings is 1. The van der Waals surface area contributed by atoms with E-state index in [1.165, 1.54) is 0 Å². The third-order valence-corrected chi connectivity index (χ3v) is 4.50. The van der Waals surface area contributed by atoms with Crippen LogP contribution in [-0.2, 0) is 11.3 Å². The summed E-state index contributed by atoms with van der Waals surface area (Å²) in [6.45, 7) is 4.25. The van der Waals surface area contributed by atoms with Crippen molar-refractivity contribution in [2.45, 2.75) is 6.54 Å². The summed E-state index contributed by atoms with van der Waals surface area (Å²) in [5.41, 5.74) is 3.78. The molecule has 26 heavy (non-hydrogen) atoms. The first-order valence-corrected chi connectivity index (χ1v) is 8.25. The lowest BCUT2D eigenvalue weighted by atomic mass is 10.1. The maximum atomic E-state index is 10.3. The molecule has 0 radical (unpaired) electrons. The highest BCUT2D eigenvalue weighted by molar-refractivity contribution is 5.98. The van der Waals surface area contributed by atoms with Gasteiger partial charge in [-0.15, -0.1) is 0 Å². The Morgan fingerprint density at radius 1 is 1.23 bits per heavy atom. The van der Waals surface area contributed by atoms with Gasteiger partial charge in [-0.05, 0) is 29.8 Å². The van der Waals surface area contributed by atoms with E-state index in [4.69, 9.17) is 10.00 Å². The third-order valence-electron chi connectivity index (χ3n) is 4.50. The van der Waals surface area contributed by atoms with Gasteiger partial charge in [0.2, 0.25) is 0 Å². The molecule has 0 spiro atoms. The summed E-state index contributed by atoms with van der Waals surface area (Å²) >= 11 is 0. The maximum absolute atomic E-state index is 10.3. The first-order chi connectivity index (χ1) is 12.2. The number of hydrogen-bond acceptors (Lipinski definition) is 5. The van der Waals surface area contributed by atoms with Crippen LogP contribution in [0.5, 0.6) is 5.88 Å². The van der Waals surface area contributed by atoms with Crippen molar-refractivity contribution < 1.29 is 15.3 Å². The van der Waals surface area contributed by atoms with Crippen molar-refractivity contribution in [1.29, 1.82) is 5.26 Å². The molecule has 4 rings (SSSR count). The van der Waals surface area contributed by atoms with Crippen LogP contribution < -0.4 is 0 Å². The molecule has 4 N–H and O–H groups in total. The Morgan fingerprint density at radius 3 is 2.73 bits per heavy atom. The number of fused-ring (bicyclic) bond motifs is 1. The quantitative estimate of drug-likeness (QED) is 0.745. The summed E-state index contributed by atoms with van der Waals surface area (Å²) in [5.74, 6) is 0.0681. The second-order valence-electron chi connectivity index (χ2n) is 6.16. The molecule has 1 saturated heterocycles. The number of nitrogens with zero attached hydrogens (tertiary/aromatic N) is 3. The van der Waals surface area contributed by atoms with Gasteiger partial charge in [-0.3, -0.25) is 9.88 Å². The highest BCUT2D eigenvalue weighted by Crippen LogP contribution is 2.36. The predicted molar refractivity (Wildman–Crippen MR) is 97.6 cm³/mol. The lowest BCUT2D eigenvalue weighted by molar-refractivity contribution is 0.0341. The van der Waals surface area contributed by atoms with Crippen molar-refractivity contribution in [2.24, 2.45) is 0 Å². The molecule has 134 valence electrons. The fraction of sp³-hybridized carbons (Fsp3) is 0.263. The van der Waals surface area contributed by atoms with Gasteiger partial charge in [-0.25, -0.2) is 0 Å². The molecular formula is C19H20N4O3. The van der Waals surface area contributed by atoms with Crippen LogP contribution in [0.25, 0.3) is 22.2 Å². The largest absolute Gasteiger partial charge is 0.494 e. The SMILES string of the molecule is N#Cc1ccc2[nH]c(O)c(-c3ccc(CN4CCOCC4)cn3)c2c1.O. The van der Waals surface area contributed by atoms with Crippen LogP contribution in [0.2, 0.25) is 0 Å². The fourth-order valence-electron chi connectivity index (χ4n) is 3.19. The monoisotopic (exact) mass is 352 g/mol. The van der Waals surface area contributed by atoms with Crippen LogP contribution in [-0.4, -0.2) is 51.8 Å². The molecule has 2 aromatic heterocycles. The average molecular weight is 352 g/mol. The van der Waals surface area contributed by atoms with Crippen LogP contribution in [0, 0.1) is 11.3 Å². The van der Waals surface area contributed by atoms with E-state index < -0.39 is 0 Å². The van der Waals surface area contributed by atoms with E-state index >= 15 is 0 Å². The number of aromatic amines is 1. The maximum Gasteiger partial charge on any atom is 0.199 e. The number of ether oxygens (including phenoxy) is 1.